The summed E-state index contributed by atoms with van der Waals surface area (Å²) in [6, 6.07) is 4.10. The summed E-state index contributed by atoms with van der Waals surface area (Å²) in [6.45, 7) is 4.30. The molecule has 4 nitrogen and oxygen atoms in total. The minimum absolute atomic E-state index is 0.360. The van der Waals surface area contributed by atoms with E-state index >= 15 is 0 Å². The maximum atomic E-state index is 9.84. The third kappa shape index (κ3) is 6.14. The molecule has 116 valence electrons. The van der Waals surface area contributed by atoms with Gasteiger partial charge in [-0.1, -0.05) is 0 Å². The van der Waals surface area contributed by atoms with Crippen LogP contribution in [0.1, 0.15) is 15.4 Å². The highest BCUT2D eigenvalue weighted by Crippen LogP contribution is 2.21. The number of ether oxygens (including phenoxy) is 1. The highest BCUT2D eigenvalue weighted by atomic mass is 79.9. The topological polar surface area (TPSA) is 54.4 Å². The Labute approximate surface area is 141 Å². The van der Waals surface area contributed by atoms with E-state index in [-0.39, 0.29) is 0 Å². The molecule has 0 aliphatic rings. The number of hydrogen-bond donors (Lipinski definition) is 2. The van der Waals surface area contributed by atoms with Crippen molar-refractivity contribution in [1.29, 1.82) is 0 Å². The zero-order valence-corrected chi connectivity index (χ0v) is 15.1. The Morgan fingerprint density at radius 3 is 3.00 bits per heavy atom. The summed E-state index contributed by atoms with van der Waals surface area (Å²) >= 11 is 6.78. The number of thiazole rings is 1. The van der Waals surface area contributed by atoms with E-state index in [9.17, 15) is 5.11 Å². The van der Waals surface area contributed by atoms with Gasteiger partial charge in [0.25, 0.3) is 0 Å². The van der Waals surface area contributed by atoms with Crippen LogP contribution in [0.5, 0.6) is 0 Å². The van der Waals surface area contributed by atoms with Gasteiger partial charge in [0.05, 0.1) is 34.3 Å². The van der Waals surface area contributed by atoms with Gasteiger partial charge >= 0.3 is 0 Å². The lowest BCUT2D eigenvalue weighted by Crippen LogP contribution is -2.30. The Morgan fingerprint density at radius 2 is 2.33 bits per heavy atom. The second-order valence-electron chi connectivity index (χ2n) is 4.68. The Morgan fingerprint density at radius 1 is 1.48 bits per heavy atom. The molecule has 1 atom stereocenters. The first kappa shape index (κ1) is 17.1. The van der Waals surface area contributed by atoms with Crippen molar-refractivity contribution in [3.8, 4) is 0 Å². The van der Waals surface area contributed by atoms with Crippen LogP contribution in [0.2, 0.25) is 0 Å². The van der Waals surface area contributed by atoms with Gasteiger partial charge in [-0.25, -0.2) is 4.98 Å². The van der Waals surface area contributed by atoms with Crippen LogP contribution < -0.4 is 5.32 Å². The molecule has 0 radical (unpaired) electrons. The van der Waals surface area contributed by atoms with E-state index in [0.29, 0.717) is 19.8 Å². The van der Waals surface area contributed by atoms with Gasteiger partial charge in [0, 0.05) is 29.3 Å². The molecule has 7 heteroatoms. The number of hydrogen-bond acceptors (Lipinski definition) is 6. The smallest absolute Gasteiger partial charge is 0.0897 e. The van der Waals surface area contributed by atoms with Crippen LogP contribution in [0.3, 0.4) is 0 Å². The molecule has 0 bridgehead atoms. The molecular weight excluding hydrogens is 372 g/mol. The molecule has 0 amide bonds. The lowest BCUT2D eigenvalue weighted by Gasteiger charge is -2.11. The fourth-order valence-electron chi connectivity index (χ4n) is 1.82. The van der Waals surface area contributed by atoms with Crippen LogP contribution in [0, 0.1) is 6.92 Å². The molecule has 2 N–H and O–H groups in total. The number of nitrogens with one attached hydrogen (secondary N) is 1. The summed E-state index contributed by atoms with van der Waals surface area (Å²) in [5, 5.41) is 13.1. The molecule has 0 spiro atoms. The van der Waals surface area contributed by atoms with Crippen molar-refractivity contribution in [3.63, 3.8) is 0 Å². The van der Waals surface area contributed by atoms with Gasteiger partial charge in [0.2, 0.25) is 0 Å². The van der Waals surface area contributed by atoms with Gasteiger partial charge in [-0.2, -0.15) is 0 Å². The van der Waals surface area contributed by atoms with E-state index in [1.807, 2.05) is 18.5 Å². The van der Waals surface area contributed by atoms with Crippen molar-refractivity contribution in [1.82, 2.24) is 10.3 Å². The molecule has 1 unspecified atom stereocenters. The highest BCUT2D eigenvalue weighted by Gasteiger charge is 2.06. The molecular formula is C14H19BrN2O2S2. The van der Waals surface area contributed by atoms with Crippen molar-refractivity contribution in [2.45, 2.75) is 26.0 Å². The number of aliphatic hydroxyl groups excluding tert-OH is 1. The molecule has 0 saturated carbocycles. The SMILES string of the molecule is Cc1ncsc1CCOCC(O)CNCc1ccc(Br)s1. The van der Waals surface area contributed by atoms with Crippen LogP contribution in [0.4, 0.5) is 0 Å². The molecule has 2 aromatic heterocycles. The largest absolute Gasteiger partial charge is 0.389 e. The number of aromatic nitrogens is 1. The maximum Gasteiger partial charge on any atom is 0.0897 e. The van der Waals surface area contributed by atoms with E-state index in [2.05, 4.69) is 32.3 Å². The first-order chi connectivity index (χ1) is 10.1. The quantitative estimate of drug-likeness (QED) is 0.646. The molecule has 21 heavy (non-hydrogen) atoms. The Kier molecular flexibility index (Phi) is 7.28. The summed E-state index contributed by atoms with van der Waals surface area (Å²) < 4.78 is 6.64. The van der Waals surface area contributed by atoms with Crippen molar-refractivity contribution in [2.24, 2.45) is 0 Å². The van der Waals surface area contributed by atoms with Crippen LogP contribution in [-0.4, -0.2) is 36.0 Å². The van der Waals surface area contributed by atoms with Gasteiger partial charge < -0.3 is 15.2 Å². The second-order valence-corrected chi connectivity index (χ2v) is 8.16. The predicted molar refractivity (Wildman–Crippen MR) is 91.1 cm³/mol. The van der Waals surface area contributed by atoms with Crippen molar-refractivity contribution in [3.05, 3.63) is 36.9 Å². The number of aliphatic hydroxyl groups is 1. The number of aryl methyl sites for hydroxylation is 1. The Hall–Kier alpha value is -0.310. The third-order valence-corrected chi connectivity index (χ3v) is 5.56. The molecule has 2 aromatic rings. The minimum Gasteiger partial charge on any atom is -0.389 e. The van der Waals surface area contributed by atoms with Gasteiger partial charge in [0.1, 0.15) is 0 Å². The fraction of sp³-hybridized carbons (Fsp3) is 0.500. The summed E-state index contributed by atoms with van der Waals surface area (Å²) in [4.78, 5) is 6.70. The summed E-state index contributed by atoms with van der Waals surface area (Å²) in [7, 11) is 0. The molecule has 0 fully saturated rings. The van der Waals surface area contributed by atoms with Crippen molar-refractivity contribution < 1.29 is 9.84 Å². The second kappa shape index (κ2) is 8.97. The first-order valence-corrected chi connectivity index (χ1v) is 9.23. The van der Waals surface area contributed by atoms with Gasteiger partial charge in [-0.3, -0.25) is 0 Å². The molecule has 0 aromatic carbocycles. The van der Waals surface area contributed by atoms with Gasteiger partial charge in [-0.05, 0) is 35.0 Å². The summed E-state index contributed by atoms with van der Waals surface area (Å²) in [5.74, 6) is 0. The predicted octanol–water partition coefficient (Wildman–Crippen LogP) is 2.99. The number of thiophene rings is 1. The van der Waals surface area contributed by atoms with E-state index in [1.54, 1.807) is 22.7 Å². The van der Waals surface area contributed by atoms with E-state index < -0.39 is 6.10 Å². The number of rotatable bonds is 9. The summed E-state index contributed by atoms with van der Waals surface area (Å²) in [5.41, 5.74) is 2.93. The summed E-state index contributed by atoms with van der Waals surface area (Å²) in [6.07, 6.45) is 0.385. The maximum absolute atomic E-state index is 9.84. The fourth-order valence-corrected chi connectivity index (χ4v) is 4.03. The monoisotopic (exact) mass is 390 g/mol. The lowest BCUT2D eigenvalue weighted by atomic mass is 10.3. The van der Waals surface area contributed by atoms with Crippen molar-refractivity contribution in [2.75, 3.05) is 19.8 Å². The minimum atomic E-state index is -0.476. The standard InChI is InChI=1S/C14H19BrN2O2S2/c1-10-13(20-9-17-10)4-5-19-8-11(18)6-16-7-12-2-3-14(15)21-12/h2-3,9,11,16,18H,4-8H2,1H3. The molecule has 0 aliphatic carbocycles. The third-order valence-electron chi connectivity index (χ3n) is 2.94. The average Bonchev–Trinajstić information content (AvgIpc) is 3.04. The van der Waals surface area contributed by atoms with Crippen LogP contribution >= 0.6 is 38.6 Å². The molecule has 0 aliphatic heterocycles. The average molecular weight is 391 g/mol. The molecule has 2 rings (SSSR count). The van der Waals surface area contributed by atoms with Gasteiger partial charge in [-0.15, -0.1) is 22.7 Å². The zero-order chi connectivity index (χ0) is 15.1. The first-order valence-electron chi connectivity index (χ1n) is 6.75. The number of halogens is 1. The zero-order valence-electron chi connectivity index (χ0n) is 11.8. The van der Waals surface area contributed by atoms with Gasteiger partial charge in [0.15, 0.2) is 0 Å². The van der Waals surface area contributed by atoms with E-state index in [1.165, 1.54) is 9.75 Å². The highest BCUT2D eigenvalue weighted by molar-refractivity contribution is 9.11. The normalized spacial score (nSPS) is 12.7. The molecule has 2 heterocycles. The van der Waals surface area contributed by atoms with Crippen LogP contribution in [0.25, 0.3) is 0 Å². The number of nitrogens with zero attached hydrogens (tertiary/aromatic N) is 1. The van der Waals surface area contributed by atoms with Crippen molar-refractivity contribution >= 4 is 38.6 Å². The Bertz CT molecular complexity index is 545. The lowest BCUT2D eigenvalue weighted by molar-refractivity contribution is 0.0384. The molecule has 0 saturated heterocycles. The van der Waals surface area contributed by atoms with E-state index in [4.69, 9.17) is 4.74 Å². The van der Waals surface area contributed by atoms with E-state index in [0.717, 1.165) is 22.4 Å². The Balaban J connectivity index is 1.53. The van der Waals surface area contributed by atoms with Crippen LogP contribution in [-0.2, 0) is 17.7 Å². The van der Waals surface area contributed by atoms with Crippen LogP contribution in [0.15, 0.2) is 21.4 Å².